The number of aryl methyl sites for hydroxylation is 1. The van der Waals surface area contributed by atoms with Crippen molar-refractivity contribution in [2.75, 3.05) is 0 Å². The number of rotatable bonds is 2. The molecular weight excluding hydrogens is 190 g/mol. The van der Waals surface area contributed by atoms with Gasteiger partial charge in [0.1, 0.15) is 0 Å². The normalized spacial score (nSPS) is 15.1. The predicted octanol–water partition coefficient (Wildman–Crippen LogP) is 1.12. The van der Waals surface area contributed by atoms with Crippen LogP contribution in [0.25, 0.3) is 0 Å². The van der Waals surface area contributed by atoms with Gasteiger partial charge < -0.3 is 0 Å². The molecule has 0 bridgehead atoms. The topological polar surface area (TPSA) is 46.2 Å². The maximum Gasteiger partial charge on any atom is 0.254 e. The fourth-order valence-electron chi connectivity index (χ4n) is 1.60. The fraction of sp³-hybridized carbons (Fsp3) is 0.167. The molecule has 1 heterocycles. The minimum atomic E-state index is -0.316. The number of amides is 2. The van der Waals surface area contributed by atoms with Gasteiger partial charge in [-0.1, -0.05) is 24.3 Å². The van der Waals surface area contributed by atoms with E-state index in [0.29, 0.717) is 12.0 Å². The van der Waals surface area contributed by atoms with Crippen LogP contribution in [0.4, 0.5) is 0 Å². The lowest BCUT2D eigenvalue weighted by molar-refractivity contribution is -0.123. The Morgan fingerprint density at radius 1 is 1.20 bits per heavy atom. The molecule has 1 aromatic rings. The van der Waals surface area contributed by atoms with Crippen LogP contribution in [0, 0.1) is 6.92 Å². The van der Waals surface area contributed by atoms with Crippen LogP contribution in [0.2, 0.25) is 0 Å². The summed E-state index contributed by atoms with van der Waals surface area (Å²) < 4.78 is 0. The van der Waals surface area contributed by atoms with Crippen LogP contribution in [0.3, 0.4) is 0 Å². The van der Waals surface area contributed by atoms with Gasteiger partial charge in [-0.2, -0.15) is 0 Å². The van der Waals surface area contributed by atoms with Crippen molar-refractivity contribution in [3.63, 3.8) is 0 Å². The second-order valence-corrected chi connectivity index (χ2v) is 3.59. The molecule has 3 heteroatoms. The molecule has 0 saturated heterocycles. The Kier molecular flexibility index (Phi) is 2.37. The Labute approximate surface area is 87.8 Å². The van der Waals surface area contributed by atoms with E-state index in [1.54, 1.807) is 0 Å². The Hall–Kier alpha value is -1.90. The SMILES string of the molecule is Cc1ccccc1CC1=CC(=O)NC1=O. The number of carbonyl (C=O) groups excluding carboxylic acids is 2. The minimum Gasteiger partial charge on any atom is -0.289 e. The first kappa shape index (κ1) is 9.65. The number of benzene rings is 1. The molecule has 0 aliphatic carbocycles. The van der Waals surface area contributed by atoms with Crippen molar-refractivity contribution in [2.45, 2.75) is 13.3 Å². The van der Waals surface area contributed by atoms with Crippen LogP contribution < -0.4 is 5.32 Å². The second-order valence-electron chi connectivity index (χ2n) is 3.59. The standard InChI is InChI=1S/C12H11NO2/c1-8-4-2-3-5-9(8)6-10-7-11(14)13-12(10)15/h2-5,7H,6H2,1H3,(H,13,14,15). The van der Waals surface area contributed by atoms with Crippen LogP contribution in [0.1, 0.15) is 11.1 Å². The zero-order valence-corrected chi connectivity index (χ0v) is 8.41. The van der Waals surface area contributed by atoms with Gasteiger partial charge in [-0.05, 0) is 18.1 Å². The Morgan fingerprint density at radius 3 is 2.53 bits per heavy atom. The Balaban J connectivity index is 2.23. The molecule has 0 atom stereocenters. The molecule has 0 spiro atoms. The highest BCUT2D eigenvalue weighted by atomic mass is 16.2. The van der Waals surface area contributed by atoms with Gasteiger partial charge in [-0.15, -0.1) is 0 Å². The van der Waals surface area contributed by atoms with Gasteiger partial charge in [-0.25, -0.2) is 0 Å². The van der Waals surface area contributed by atoms with Gasteiger partial charge >= 0.3 is 0 Å². The summed E-state index contributed by atoms with van der Waals surface area (Å²) in [5, 5.41) is 2.24. The molecule has 76 valence electrons. The largest absolute Gasteiger partial charge is 0.289 e. The van der Waals surface area contributed by atoms with Crippen LogP contribution in [-0.4, -0.2) is 11.8 Å². The summed E-state index contributed by atoms with van der Waals surface area (Å²) in [6.07, 6.45) is 1.89. The van der Waals surface area contributed by atoms with Gasteiger partial charge in [0, 0.05) is 18.1 Å². The first-order chi connectivity index (χ1) is 7.16. The van der Waals surface area contributed by atoms with Gasteiger partial charge in [0.25, 0.3) is 11.8 Å². The Bertz CT molecular complexity index is 460. The van der Waals surface area contributed by atoms with Crippen molar-refractivity contribution in [3.8, 4) is 0 Å². The van der Waals surface area contributed by atoms with Gasteiger partial charge in [0.15, 0.2) is 0 Å². The summed E-state index contributed by atoms with van der Waals surface area (Å²) in [5.74, 6) is -0.591. The van der Waals surface area contributed by atoms with Crippen molar-refractivity contribution < 1.29 is 9.59 Å². The van der Waals surface area contributed by atoms with Gasteiger partial charge in [0.05, 0.1) is 0 Å². The maximum atomic E-state index is 11.3. The molecule has 0 unspecified atom stereocenters. The number of carbonyl (C=O) groups is 2. The highest BCUT2D eigenvalue weighted by molar-refractivity contribution is 6.16. The van der Waals surface area contributed by atoms with Crippen molar-refractivity contribution in [3.05, 3.63) is 47.0 Å². The predicted molar refractivity (Wildman–Crippen MR) is 56.1 cm³/mol. The van der Waals surface area contributed by atoms with E-state index in [-0.39, 0.29) is 11.8 Å². The van der Waals surface area contributed by atoms with E-state index in [2.05, 4.69) is 5.32 Å². The summed E-state index contributed by atoms with van der Waals surface area (Å²) in [5.41, 5.74) is 2.74. The lowest BCUT2D eigenvalue weighted by Gasteiger charge is -2.04. The van der Waals surface area contributed by atoms with E-state index in [9.17, 15) is 9.59 Å². The highest BCUT2D eigenvalue weighted by Gasteiger charge is 2.20. The number of hydrogen-bond donors (Lipinski definition) is 1. The first-order valence-electron chi connectivity index (χ1n) is 4.77. The number of hydrogen-bond acceptors (Lipinski definition) is 2. The molecular formula is C12H11NO2. The zero-order chi connectivity index (χ0) is 10.8. The summed E-state index contributed by atoms with van der Waals surface area (Å²) in [6, 6.07) is 7.83. The van der Waals surface area contributed by atoms with Crippen molar-refractivity contribution in [2.24, 2.45) is 0 Å². The molecule has 0 aromatic heterocycles. The maximum absolute atomic E-state index is 11.3. The molecule has 0 radical (unpaired) electrons. The molecule has 3 nitrogen and oxygen atoms in total. The first-order valence-corrected chi connectivity index (χ1v) is 4.77. The third kappa shape index (κ3) is 1.96. The molecule has 2 rings (SSSR count). The molecule has 0 fully saturated rings. The summed E-state index contributed by atoms with van der Waals surface area (Å²) in [4.78, 5) is 22.2. The van der Waals surface area contributed by atoms with Crippen molar-refractivity contribution in [1.29, 1.82) is 0 Å². The average Bonchev–Trinajstić information content (AvgIpc) is 2.49. The summed E-state index contributed by atoms with van der Waals surface area (Å²) >= 11 is 0. The molecule has 15 heavy (non-hydrogen) atoms. The molecule has 1 aromatic carbocycles. The fourth-order valence-corrected chi connectivity index (χ4v) is 1.60. The van der Waals surface area contributed by atoms with Gasteiger partial charge in [0.2, 0.25) is 0 Å². The molecule has 2 amide bonds. The van der Waals surface area contributed by atoms with E-state index in [1.165, 1.54) is 6.08 Å². The highest BCUT2D eigenvalue weighted by Crippen LogP contribution is 2.14. The van der Waals surface area contributed by atoms with E-state index in [4.69, 9.17) is 0 Å². The van der Waals surface area contributed by atoms with Crippen LogP contribution in [-0.2, 0) is 16.0 Å². The van der Waals surface area contributed by atoms with Crippen LogP contribution in [0.15, 0.2) is 35.9 Å². The molecule has 1 N–H and O–H groups in total. The average molecular weight is 201 g/mol. The molecule has 1 aliphatic heterocycles. The van der Waals surface area contributed by atoms with Gasteiger partial charge in [-0.3, -0.25) is 14.9 Å². The second kappa shape index (κ2) is 3.69. The number of imide groups is 1. The molecule has 0 saturated carbocycles. The van der Waals surface area contributed by atoms with E-state index in [0.717, 1.165) is 11.1 Å². The lowest BCUT2D eigenvalue weighted by Crippen LogP contribution is -2.22. The number of nitrogens with one attached hydrogen (secondary N) is 1. The Morgan fingerprint density at radius 2 is 1.93 bits per heavy atom. The van der Waals surface area contributed by atoms with E-state index < -0.39 is 0 Å². The van der Waals surface area contributed by atoms with Crippen LogP contribution >= 0.6 is 0 Å². The monoisotopic (exact) mass is 201 g/mol. The molecule has 1 aliphatic rings. The smallest absolute Gasteiger partial charge is 0.254 e. The van der Waals surface area contributed by atoms with E-state index in [1.807, 2.05) is 31.2 Å². The van der Waals surface area contributed by atoms with Crippen LogP contribution in [0.5, 0.6) is 0 Å². The van der Waals surface area contributed by atoms with E-state index >= 15 is 0 Å². The third-order valence-corrected chi connectivity index (χ3v) is 2.48. The summed E-state index contributed by atoms with van der Waals surface area (Å²) in [7, 11) is 0. The van der Waals surface area contributed by atoms with Crippen molar-refractivity contribution in [1.82, 2.24) is 5.32 Å². The third-order valence-electron chi connectivity index (χ3n) is 2.48. The quantitative estimate of drug-likeness (QED) is 0.729. The lowest BCUT2D eigenvalue weighted by atomic mass is 10.0. The zero-order valence-electron chi connectivity index (χ0n) is 8.41. The minimum absolute atomic E-state index is 0.275. The van der Waals surface area contributed by atoms with Crippen molar-refractivity contribution >= 4 is 11.8 Å². The summed E-state index contributed by atoms with van der Waals surface area (Å²) in [6.45, 7) is 1.99.